The van der Waals surface area contributed by atoms with Crippen molar-refractivity contribution >= 4 is 16.9 Å². The van der Waals surface area contributed by atoms with E-state index in [0.29, 0.717) is 24.6 Å². The van der Waals surface area contributed by atoms with Crippen LogP contribution in [0.1, 0.15) is 41.9 Å². The van der Waals surface area contributed by atoms with Gasteiger partial charge < -0.3 is 4.74 Å². The fourth-order valence-electron chi connectivity index (χ4n) is 3.41. The van der Waals surface area contributed by atoms with E-state index in [-0.39, 0.29) is 5.97 Å². The number of benzene rings is 1. The van der Waals surface area contributed by atoms with Crippen LogP contribution in [0.5, 0.6) is 0 Å². The van der Waals surface area contributed by atoms with Crippen molar-refractivity contribution in [1.29, 1.82) is 0 Å². The lowest BCUT2D eigenvalue weighted by Crippen LogP contribution is -2.23. The van der Waals surface area contributed by atoms with Gasteiger partial charge in [-0.1, -0.05) is 25.1 Å². The maximum atomic E-state index is 12.5. The molecule has 122 valence electrons. The SMILES string of the molecule is CCOC(=O)c1c(CN2CCC(C)C2)nc2ccccc2c1C. The van der Waals surface area contributed by atoms with Crippen LogP contribution in [0.4, 0.5) is 0 Å². The summed E-state index contributed by atoms with van der Waals surface area (Å²) >= 11 is 0. The molecule has 1 aliphatic rings. The lowest BCUT2D eigenvalue weighted by atomic mass is 10.0. The van der Waals surface area contributed by atoms with Crippen molar-refractivity contribution < 1.29 is 9.53 Å². The first-order valence-corrected chi connectivity index (χ1v) is 8.37. The molecule has 3 rings (SSSR count). The van der Waals surface area contributed by atoms with E-state index >= 15 is 0 Å². The number of para-hydroxylation sites is 1. The highest BCUT2D eigenvalue weighted by atomic mass is 16.5. The van der Waals surface area contributed by atoms with Gasteiger partial charge in [0, 0.05) is 18.5 Å². The molecule has 2 aromatic rings. The number of pyridine rings is 1. The number of ether oxygens (including phenoxy) is 1. The number of hydrogen-bond acceptors (Lipinski definition) is 4. The minimum Gasteiger partial charge on any atom is -0.462 e. The van der Waals surface area contributed by atoms with Gasteiger partial charge in [0.15, 0.2) is 0 Å². The molecule has 0 aliphatic carbocycles. The summed E-state index contributed by atoms with van der Waals surface area (Å²) in [5, 5.41) is 1.02. The second-order valence-electron chi connectivity index (χ2n) is 6.43. The van der Waals surface area contributed by atoms with E-state index < -0.39 is 0 Å². The molecule has 2 heterocycles. The largest absolute Gasteiger partial charge is 0.462 e. The number of esters is 1. The average Bonchev–Trinajstić information content (AvgIpc) is 2.93. The van der Waals surface area contributed by atoms with Gasteiger partial charge in [0.2, 0.25) is 0 Å². The van der Waals surface area contributed by atoms with Crippen LogP contribution in [0.25, 0.3) is 10.9 Å². The summed E-state index contributed by atoms with van der Waals surface area (Å²) in [5.74, 6) is 0.452. The van der Waals surface area contributed by atoms with Crippen LogP contribution in [0.2, 0.25) is 0 Å². The highest BCUT2D eigenvalue weighted by Gasteiger charge is 2.24. The summed E-state index contributed by atoms with van der Waals surface area (Å²) in [4.78, 5) is 19.7. The Morgan fingerprint density at radius 3 is 2.87 bits per heavy atom. The normalized spacial score (nSPS) is 18.5. The van der Waals surface area contributed by atoms with Crippen molar-refractivity contribution in [2.45, 2.75) is 33.7 Å². The first-order valence-electron chi connectivity index (χ1n) is 8.37. The lowest BCUT2D eigenvalue weighted by Gasteiger charge is -2.19. The van der Waals surface area contributed by atoms with E-state index in [4.69, 9.17) is 9.72 Å². The number of likely N-dealkylation sites (tertiary alicyclic amines) is 1. The maximum absolute atomic E-state index is 12.5. The third-order valence-corrected chi connectivity index (χ3v) is 4.59. The van der Waals surface area contributed by atoms with Gasteiger partial charge in [0.25, 0.3) is 0 Å². The number of nitrogens with zero attached hydrogens (tertiary/aromatic N) is 2. The van der Waals surface area contributed by atoms with Crippen molar-refractivity contribution in [3.05, 3.63) is 41.1 Å². The fraction of sp³-hybridized carbons (Fsp3) is 0.474. The lowest BCUT2D eigenvalue weighted by molar-refractivity contribution is 0.0522. The molecule has 0 radical (unpaired) electrons. The molecule has 0 amide bonds. The van der Waals surface area contributed by atoms with Crippen molar-refractivity contribution in [2.24, 2.45) is 5.92 Å². The molecule has 1 aromatic heterocycles. The molecule has 1 aliphatic heterocycles. The van der Waals surface area contributed by atoms with Crippen LogP contribution in [0.15, 0.2) is 24.3 Å². The van der Waals surface area contributed by atoms with Gasteiger partial charge in [-0.15, -0.1) is 0 Å². The first-order chi connectivity index (χ1) is 11.1. The third-order valence-electron chi connectivity index (χ3n) is 4.59. The molecular formula is C19H24N2O2. The van der Waals surface area contributed by atoms with Crippen molar-refractivity contribution in [3.8, 4) is 0 Å². The van der Waals surface area contributed by atoms with E-state index in [1.54, 1.807) is 0 Å². The Labute approximate surface area is 137 Å². The predicted molar refractivity (Wildman–Crippen MR) is 91.5 cm³/mol. The van der Waals surface area contributed by atoms with Crippen LogP contribution in [-0.2, 0) is 11.3 Å². The summed E-state index contributed by atoms with van der Waals surface area (Å²) in [6.45, 7) is 9.32. The van der Waals surface area contributed by atoms with Gasteiger partial charge >= 0.3 is 5.97 Å². The monoisotopic (exact) mass is 312 g/mol. The topological polar surface area (TPSA) is 42.4 Å². The summed E-state index contributed by atoms with van der Waals surface area (Å²) in [7, 11) is 0. The number of hydrogen-bond donors (Lipinski definition) is 0. The molecule has 1 atom stereocenters. The van der Waals surface area contributed by atoms with Crippen LogP contribution < -0.4 is 0 Å². The Morgan fingerprint density at radius 2 is 2.17 bits per heavy atom. The van der Waals surface area contributed by atoms with Gasteiger partial charge in [-0.25, -0.2) is 4.79 Å². The van der Waals surface area contributed by atoms with Crippen LogP contribution in [-0.4, -0.2) is 35.5 Å². The molecule has 0 bridgehead atoms. The van der Waals surface area contributed by atoms with Crippen molar-refractivity contribution in [3.63, 3.8) is 0 Å². The van der Waals surface area contributed by atoms with Crippen LogP contribution in [0, 0.1) is 12.8 Å². The Morgan fingerprint density at radius 1 is 1.39 bits per heavy atom. The molecule has 0 N–H and O–H groups in total. The smallest absolute Gasteiger partial charge is 0.340 e. The van der Waals surface area contributed by atoms with Gasteiger partial charge in [0.05, 0.1) is 23.4 Å². The highest BCUT2D eigenvalue weighted by Crippen LogP contribution is 2.26. The Balaban J connectivity index is 2.05. The van der Waals surface area contributed by atoms with Gasteiger partial charge in [-0.2, -0.15) is 0 Å². The summed E-state index contributed by atoms with van der Waals surface area (Å²) in [6.07, 6.45) is 1.21. The fourth-order valence-corrected chi connectivity index (χ4v) is 3.41. The maximum Gasteiger partial charge on any atom is 0.340 e. The Bertz CT molecular complexity index is 727. The zero-order valence-electron chi connectivity index (χ0n) is 14.1. The van der Waals surface area contributed by atoms with Gasteiger partial charge in [-0.3, -0.25) is 9.88 Å². The van der Waals surface area contributed by atoms with E-state index in [0.717, 1.165) is 35.2 Å². The molecule has 1 unspecified atom stereocenters. The second kappa shape index (κ2) is 6.67. The second-order valence-corrected chi connectivity index (χ2v) is 6.43. The zero-order chi connectivity index (χ0) is 16.4. The van der Waals surface area contributed by atoms with E-state index in [1.807, 2.05) is 38.1 Å². The Hall–Kier alpha value is -1.94. The molecule has 1 saturated heterocycles. The van der Waals surface area contributed by atoms with Crippen LogP contribution >= 0.6 is 0 Å². The molecule has 1 fully saturated rings. The minimum absolute atomic E-state index is 0.259. The average molecular weight is 312 g/mol. The number of aromatic nitrogens is 1. The zero-order valence-corrected chi connectivity index (χ0v) is 14.1. The molecule has 23 heavy (non-hydrogen) atoms. The van der Waals surface area contributed by atoms with Gasteiger partial charge in [-0.05, 0) is 44.4 Å². The van der Waals surface area contributed by atoms with Crippen molar-refractivity contribution in [1.82, 2.24) is 9.88 Å². The Kier molecular flexibility index (Phi) is 4.62. The predicted octanol–water partition coefficient (Wildman–Crippen LogP) is 3.56. The standard InChI is InChI=1S/C19H24N2O2/c1-4-23-19(22)18-14(3)15-7-5-6-8-16(15)20-17(18)12-21-10-9-13(2)11-21/h5-8,13H,4,9-12H2,1-3H3. The first kappa shape index (κ1) is 15.9. The number of carbonyl (C=O) groups excluding carboxylic acids is 1. The summed E-state index contributed by atoms with van der Waals surface area (Å²) < 4.78 is 5.29. The number of aryl methyl sites for hydroxylation is 1. The third kappa shape index (κ3) is 3.22. The minimum atomic E-state index is -0.259. The number of rotatable bonds is 4. The molecule has 4 heteroatoms. The number of carbonyl (C=O) groups is 1. The molecule has 0 spiro atoms. The van der Waals surface area contributed by atoms with E-state index in [2.05, 4.69) is 11.8 Å². The number of fused-ring (bicyclic) bond motifs is 1. The van der Waals surface area contributed by atoms with Crippen molar-refractivity contribution in [2.75, 3.05) is 19.7 Å². The van der Waals surface area contributed by atoms with E-state index in [9.17, 15) is 4.79 Å². The molecule has 4 nitrogen and oxygen atoms in total. The summed E-state index contributed by atoms with van der Waals surface area (Å²) in [6, 6.07) is 7.99. The summed E-state index contributed by atoms with van der Waals surface area (Å²) in [5.41, 5.74) is 3.40. The molecule has 0 saturated carbocycles. The van der Waals surface area contributed by atoms with Gasteiger partial charge in [0.1, 0.15) is 0 Å². The van der Waals surface area contributed by atoms with E-state index in [1.165, 1.54) is 6.42 Å². The quantitative estimate of drug-likeness (QED) is 0.810. The molecule has 1 aromatic carbocycles. The van der Waals surface area contributed by atoms with Crippen LogP contribution in [0.3, 0.4) is 0 Å². The molecular weight excluding hydrogens is 288 g/mol. The highest BCUT2D eigenvalue weighted by molar-refractivity contribution is 5.98.